The summed E-state index contributed by atoms with van der Waals surface area (Å²) >= 11 is 7.49. The van der Waals surface area contributed by atoms with Gasteiger partial charge in [0.1, 0.15) is 15.4 Å². The van der Waals surface area contributed by atoms with Crippen LogP contribution < -0.4 is 5.32 Å². The third kappa shape index (κ3) is 3.55. The first-order chi connectivity index (χ1) is 13.5. The summed E-state index contributed by atoms with van der Waals surface area (Å²) in [6.07, 6.45) is 1.72. The van der Waals surface area contributed by atoms with Crippen LogP contribution in [0, 0.1) is 10.1 Å². The lowest BCUT2D eigenvalue weighted by Crippen LogP contribution is -2.12. The summed E-state index contributed by atoms with van der Waals surface area (Å²) in [4.78, 5) is 32.4. The standard InChI is InChI=1S/C19H11ClN4O3S/c20-15-10-13(24(26)27)6-7-14(15)17(25)22-12-4-1-3-11(9-12)18-23-16-5-2-8-21-19(16)28-18/h1-10H,(H,22,25). The maximum atomic E-state index is 12.5. The van der Waals surface area contributed by atoms with Crippen molar-refractivity contribution in [2.45, 2.75) is 0 Å². The van der Waals surface area contributed by atoms with Crippen LogP contribution in [0.5, 0.6) is 0 Å². The number of halogens is 1. The zero-order valence-corrected chi connectivity index (χ0v) is 15.7. The van der Waals surface area contributed by atoms with Crippen LogP contribution in [0.1, 0.15) is 10.4 Å². The van der Waals surface area contributed by atoms with Gasteiger partial charge in [-0.25, -0.2) is 9.97 Å². The van der Waals surface area contributed by atoms with E-state index >= 15 is 0 Å². The molecule has 2 aromatic heterocycles. The van der Waals surface area contributed by atoms with Gasteiger partial charge in [-0.3, -0.25) is 14.9 Å². The predicted octanol–water partition coefficient (Wildman–Crippen LogP) is 5.17. The largest absolute Gasteiger partial charge is 0.322 e. The number of carbonyl (C=O) groups is 1. The third-order valence-electron chi connectivity index (χ3n) is 3.94. The molecule has 1 N–H and O–H groups in total. The second-order valence-corrected chi connectivity index (χ2v) is 7.19. The van der Waals surface area contributed by atoms with Crippen molar-refractivity contribution in [3.8, 4) is 10.6 Å². The number of thiazole rings is 1. The summed E-state index contributed by atoms with van der Waals surface area (Å²) in [6, 6.07) is 14.7. The first kappa shape index (κ1) is 18.0. The Hall–Kier alpha value is -3.36. The van der Waals surface area contributed by atoms with E-state index in [2.05, 4.69) is 15.3 Å². The Labute approximate surface area is 167 Å². The molecule has 0 spiro atoms. The monoisotopic (exact) mass is 410 g/mol. The quantitative estimate of drug-likeness (QED) is 0.369. The normalized spacial score (nSPS) is 10.8. The average molecular weight is 411 g/mol. The fourth-order valence-corrected chi connectivity index (χ4v) is 3.79. The van der Waals surface area contributed by atoms with Gasteiger partial charge >= 0.3 is 0 Å². The van der Waals surface area contributed by atoms with E-state index in [1.165, 1.54) is 23.5 Å². The summed E-state index contributed by atoms with van der Waals surface area (Å²) in [6.45, 7) is 0. The van der Waals surface area contributed by atoms with Crippen LogP contribution in [0.2, 0.25) is 5.02 Å². The molecule has 28 heavy (non-hydrogen) atoms. The van der Waals surface area contributed by atoms with Crippen molar-refractivity contribution in [2.24, 2.45) is 0 Å². The zero-order valence-electron chi connectivity index (χ0n) is 14.1. The Kier molecular flexibility index (Phi) is 4.72. The lowest BCUT2D eigenvalue weighted by Gasteiger charge is -2.08. The number of nitro groups is 1. The van der Waals surface area contributed by atoms with Gasteiger partial charge in [-0.1, -0.05) is 35.1 Å². The fraction of sp³-hybridized carbons (Fsp3) is 0. The molecule has 0 saturated heterocycles. The first-order valence-corrected chi connectivity index (χ1v) is 9.28. The van der Waals surface area contributed by atoms with E-state index in [-0.39, 0.29) is 16.3 Å². The van der Waals surface area contributed by atoms with Crippen molar-refractivity contribution >= 4 is 50.6 Å². The number of amides is 1. The molecular weight excluding hydrogens is 400 g/mol. The van der Waals surface area contributed by atoms with E-state index in [1.807, 2.05) is 24.3 Å². The predicted molar refractivity (Wildman–Crippen MR) is 109 cm³/mol. The first-order valence-electron chi connectivity index (χ1n) is 8.08. The van der Waals surface area contributed by atoms with Crippen LogP contribution in [-0.2, 0) is 0 Å². The van der Waals surface area contributed by atoms with Gasteiger partial charge in [0.15, 0.2) is 0 Å². The van der Waals surface area contributed by atoms with Gasteiger partial charge in [-0.2, -0.15) is 0 Å². The summed E-state index contributed by atoms with van der Waals surface area (Å²) < 4.78 is 0. The molecule has 0 aliphatic carbocycles. The molecule has 4 rings (SSSR count). The van der Waals surface area contributed by atoms with Crippen LogP contribution in [0.4, 0.5) is 11.4 Å². The van der Waals surface area contributed by atoms with Gasteiger partial charge in [0, 0.05) is 29.6 Å². The van der Waals surface area contributed by atoms with E-state index in [9.17, 15) is 14.9 Å². The van der Waals surface area contributed by atoms with E-state index in [4.69, 9.17) is 11.6 Å². The maximum Gasteiger partial charge on any atom is 0.270 e. The minimum Gasteiger partial charge on any atom is -0.322 e. The van der Waals surface area contributed by atoms with Crippen LogP contribution in [-0.4, -0.2) is 20.8 Å². The number of nitrogens with one attached hydrogen (secondary N) is 1. The number of rotatable bonds is 4. The smallest absolute Gasteiger partial charge is 0.270 e. The molecule has 138 valence electrons. The number of carbonyl (C=O) groups excluding carboxylic acids is 1. The SMILES string of the molecule is O=C(Nc1cccc(-c2nc3cccnc3s2)c1)c1ccc([N+](=O)[O-])cc1Cl. The molecule has 0 saturated carbocycles. The van der Waals surface area contributed by atoms with Crippen molar-refractivity contribution in [1.82, 2.24) is 9.97 Å². The Morgan fingerprint density at radius 3 is 2.75 bits per heavy atom. The maximum absolute atomic E-state index is 12.5. The molecular formula is C19H11ClN4O3S. The number of nitrogens with zero attached hydrogens (tertiary/aromatic N) is 3. The molecule has 9 heteroatoms. The van der Waals surface area contributed by atoms with Gasteiger partial charge in [-0.15, -0.1) is 0 Å². The fourth-order valence-electron chi connectivity index (χ4n) is 2.62. The Morgan fingerprint density at radius 1 is 1.14 bits per heavy atom. The second-order valence-electron chi connectivity index (χ2n) is 5.80. The van der Waals surface area contributed by atoms with Crippen molar-refractivity contribution in [3.05, 3.63) is 81.5 Å². The van der Waals surface area contributed by atoms with Crippen LogP contribution >= 0.6 is 22.9 Å². The van der Waals surface area contributed by atoms with Gasteiger partial charge in [-0.05, 0) is 30.3 Å². The number of aromatic nitrogens is 2. The highest BCUT2D eigenvalue weighted by atomic mass is 35.5. The minimum atomic E-state index is -0.566. The molecule has 0 bridgehead atoms. The molecule has 1 amide bonds. The molecule has 4 aromatic rings. The van der Waals surface area contributed by atoms with Gasteiger partial charge in [0.2, 0.25) is 0 Å². The number of anilines is 1. The molecule has 0 radical (unpaired) electrons. The third-order valence-corrected chi connectivity index (χ3v) is 5.28. The average Bonchev–Trinajstić information content (AvgIpc) is 3.12. The molecule has 0 fully saturated rings. The second kappa shape index (κ2) is 7.34. The van der Waals surface area contributed by atoms with Crippen molar-refractivity contribution in [2.75, 3.05) is 5.32 Å². The molecule has 0 atom stereocenters. The van der Waals surface area contributed by atoms with Crippen molar-refractivity contribution in [3.63, 3.8) is 0 Å². The zero-order chi connectivity index (χ0) is 19.7. The molecule has 2 aromatic carbocycles. The highest BCUT2D eigenvalue weighted by molar-refractivity contribution is 7.21. The molecule has 0 aliphatic rings. The number of hydrogen-bond donors (Lipinski definition) is 1. The highest BCUT2D eigenvalue weighted by Crippen LogP contribution is 2.30. The molecule has 0 unspecified atom stereocenters. The number of hydrogen-bond acceptors (Lipinski definition) is 6. The number of nitro benzene ring substituents is 1. The van der Waals surface area contributed by atoms with Gasteiger partial charge < -0.3 is 5.32 Å². The molecule has 0 aliphatic heterocycles. The Bertz CT molecular complexity index is 1190. The summed E-state index contributed by atoms with van der Waals surface area (Å²) in [5.41, 5.74) is 2.20. The van der Waals surface area contributed by atoms with Crippen molar-refractivity contribution in [1.29, 1.82) is 0 Å². The highest BCUT2D eigenvalue weighted by Gasteiger charge is 2.15. The number of fused-ring (bicyclic) bond motifs is 1. The van der Waals surface area contributed by atoms with E-state index in [0.29, 0.717) is 5.69 Å². The van der Waals surface area contributed by atoms with Gasteiger partial charge in [0.05, 0.1) is 15.5 Å². The summed E-state index contributed by atoms with van der Waals surface area (Å²) in [5, 5.41) is 14.4. The minimum absolute atomic E-state index is 0.0140. The van der Waals surface area contributed by atoms with Crippen molar-refractivity contribution < 1.29 is 9.72 Å². The van der Waals surface area contributed by atoms with E-state index < -0.39 is 10.8 Å². The number of non-ortho nitro benzene ring substituents is 1. The topological polar surface area (TPSA) is 98.0 Å². The lowest BCUT2D eigenvalue weighted by molar-refractivity contribution is -0.384. The lowest BCUT2D eigenvalue weighted by atomic mass is 10.1. The number of benzene rings is 2. The Balaban J connectivity index is 1.60. The van der Waals surface area contributed by atoms with Crippen LogP contribution in [0.15, 0.2) is 60.8 Å². The number of pyridine rings is 1. The van der Waals surface area contributed by atoms with E-state index in [0.717, 1.165) is 27.0 Å². The summed E-state index contributed by atoms with van der Waals surface area (Å²) in [7, 11) is 0. The van der Waals surface area contributed by atoms with Crippen LogP contribution in [0.25, 0.3) is 20.9 Å². The van der Waals surface area contributed by atoms with Gasteiger partial charge in [0.25, 0.3) is 11.6 Å². The van der Waals surface area contributed by atoms with E-state index in [1.54, 1.807) is 18.3 Å². The summed E-state index contributed by atoms with van der Waals surface area (Å²) in [5.74, 6) is -0.456. The molecule has 7 nitrogen and oxygen atoms in total. The van der Waals surface area contributed by atoms with Crippen LogP contribution in [0.3, 0.4) is 0 Å². The Morgan fingerprint density at radius 2 is 2.00 bits per heavy atom. The molecule has 2 heterocycles.